The maximum Gasteiger partial charge on any atom is 0.268 e. The predicted octanol–water partition coefficient (Wildman–Crippen LogP) is 2.89. The van der Waals surface area contributed by atoms with Gasteiger partial charge in [-0.1, -0.05) is 12.8 Å². The molecular weight excluding hydrogens is 493 g/mol. The van der Waals surface area contributed by atoms with E-state index in [4.69, 9.17) is 0 Å². The number of rotatable bonds is 8. The number of carbonyl (C=O) groups is 3. The molecule has 2 aliphatic rings. The number of hydrogen-bond donors (Lipinski definition) is 4. The molecule has 4 rings (SSSR count). The number of aromatic amines is 1. The van der Waals surface area contributed by atoms with E-state index in [0.29, 0.717) is 40.7 Å². The van der Waals surface area contributed by atoms with E-state index in [1.807, 2.05) is 0 Å². The van der Waals surface area contributed by atoms with E-state index in [-0.39, 0.29) is 23.9 Å². The number of nitriles is 1. The maximum absolute atomic E-state index is 13.7. The van der Waals surface area contributed by atoms with Gasteiger partial charge >= 0.3 is 0 Å². The highest BCUT2D eigenvalue weighted by molar-refractivity contribution is 9.10. The van der Waals surface area contributed by atoms with Crippen LogP contribution < -0.4 is 16.0 Å². The molecular formula is C23H25BrFN5O3. The fourth-order valence-corrected chi connectivity index (χ4v) is 4.75. The quantitative estimate of drug-likeness (QED) is 0.429. The average Bonchev–Trinajstić information content (AvgIpc) is 3.49. The Balaban J connectivity index is 1.44. The third kappa shape index (κ3) is 5.71. The molecule has 1 saturated heterocycles. The van der Waals surface area contributed by atoms with E-state index in [9.17, 15) is 24.0 Å². The van der Waals surface area contributed by atoms with Crippen LogP contribution in [0, 0.1) is 29.0 Å². The van der Waals surface area contributed by atoms with Crippen LogP contribution in [0.3, 0.4) is 0 Å². The van der Waals surface area contributed by atoms with E-state index >= 15 is 0 Å². The van der Waals surface area contributed by atoms with Gasteiger partial charge in [0.15, 0.2) is 0 Å². The van der Waals surface area contributed by atoms with E-state index in [1.54, 1.807) is 0 Å². The van der Waals surface area contributed by atoms with Gasteiger partial charge < -0.3 is 20.9 Å². The molecule has 1 aromatic carbocycles. The minimum Gasteiger partial charge on any atom is -0.356 e. The lowest BCUT2D eigenvalue weighted by atomic mass is 9.92. The second kappa shape index (κ2) is 9.91. The number of fused-ring (bicyclic) bond motifs is 1. The highest BCUT2D eigenvalue weighted by Crippen LogP contribution is 2.34. The molecule has 174 valence electrons. The molecule has 1 aliphatic heterocycles. The van der Waals surface area contributed by atoms with Crippen LogP contribution in [-0.4, -0.2) is 41.3 Å². The first kappa shape index (κ1) is 23.2. The van der Waals surface area contributed by atoms with Crippen LogP contribution >= 0.6 is 15.9 Å². The van der Waals surface area contributed by atoms with Gasteiger partial charge in [-0.3, -0.25) is 14.4 Å². The molecule has 0 radical (unpaired) electrons. The lowest BCUT2D eigenvalue weighted by Gasteiger charge is -2.25. The topological polar surface area (TPSA) is 127 Å². The Morgan fingerprint density at radius 1 is 1.21 bits per heavy atom. The molecule has 2 heterocycles. The number of H-pyrrole nitrogens is 1. The third-order valence-electron chi connectivity index (χ3n) is 6.17. The second-order valence-electron chi connectivity index (χ2n) is 8.80. The first-order valence-electron chi connectivity index (χ1n) is 11.1. The number of halogens is 2. The number of benzene rings is 1. The van der Waals surface area contributed by atoms with Crippen LogP contribution in [0.4, 0.5) is 4.39 Å². The van der Waals surface area contributed by atoms with Crippen molar-refractivity contribution in [2.45, 2.75) is 50.6 Å². The van der Waals surface area contributed by atoms with Gasteiger partial charge in [0.25, 0.3) is 5.91 Å². The minimum atomic E-state index is -0.822. The van der Waals surface area contributed by atoms with Crippen molar-refractivity contribution in [3.8, 4) is 6.07 Å². The molecule has 2 fully saturated rings. The molecule has 2 aromatic rings. The molecule has 1 aromatic heterocycles. The Hall–Kier alpha value is -2.93. The van der Waals surface area contributed by atoms with Crippen molar-refractivity contribution in [1.82, 2.24) is 20.9 Å². The molecule has 0 spiro atoms. The summed E-state index contributed by atoms with van der Waals surface area (Å²) in [6.07, 6.45) is 4.20. The Kier molecular flexibility index (Phi) is 6.98. The summed E-state index contributed by atoms with van der Waals surface area (Å²) in [7, 11) is 0. The predicted molar refractivity (Wildman–Crippen MR) is 122 cm³/mol. The third-order valence-corrected chi connectivity index (χ3v) is 6.79. The highest BCUT2D eigenvalue weighted by Gasteiger charge is 2.33. The summed E-state index contributed by atoms with van der Waals surface area (Å²) >= 11 is 3.28. The van der Waals surface area contributed by atoms with Crippen LogP contribution in [-0.2, 0) is 9.59 Å². The average molecular weight is 518 g/mol. The summed E-state index contributed by atoms with van der Waals surface area (Å²) in [5, 5.41) is 18.3. The standard InChI is InChI=1S/C23H25BrFN5O3/c24-17-10-15(25)7-14-9-19(29-20(14)17)23(33)30-18(6-12-3-4-12)22(32)28-16(11-26)8-13-2-1-5-27-21(13)31/h7,9-10,12-13,16,18,29H,1-6,8H2,(H,27,31)(H,28,32)(H,30,33)/t13-,16-,18-/m0/s1. The number of hydrogen-bond acceptors (Lipinski definition) is 4. The molecule has 3 amide bonds. The molecule has 33 heavy (non-hydrogen) atoms. The fraction of sp³-hybridized carbons (Fsp3) is 0.478. The van der Waals surface area contributed by atoms with Crippen LogP contribution in [0.2, 0.25) is 0 Å². The molecule has 10 heteroatoms. The summed E-state index contributed by atoms with van der Waals surface area (Å²) < 4.78 is 14.2. The van der Waals surface area contributed by atoms with Crippen molar-refractivity contribution in [1.29, 1.82) is 5.26 Å². The Labute approximate surface area is 198 Å². The largest absolute Gasteiger partial charge is 0.356 e. The van der Waals surface area contributed by atoms with Crippen LogP contribution in [0.5, 0.6) is 0 Å². The molecule has 1 aliphatic carbocycles. The highest BCUT2D eigenvalue weighted by atomic mass is 79.9. The Morgan fingerprint density at radius 3 is 2.70 bits per heavy atom. The zero-order valence-electron chi connectivity index (χ0n) is 17.9. The van der Waals surface area contributed by atoms with E-state index in [2.05, 4.69) is 42.9 Å². The smallest absolute Gasteiger partial charge is 0.268 e. The van der Waals surface area contributed by atoms with E-state index in [0.717, 1.165) is 19.3 Å². The zero-order valence-corrected chi connectivity index (χ0v) is 19.5. The van der Waals surface area contributed by atoms with Gasteiger partial charge in [0, 0.05) is 22.3 Å². The van der Waals surface area contributed by atoms with Gasteiger partial charge in [-0.05, 0) is 65.7 Å². The van der Waals surface area contributed by atoms with Gasteiger partial charge in [-0.15, -0.1) is 0 Å². The summed E-state index contributed by atoms with van der Waals surface area (Å²) in [4.78, 5) is 40.9. The Bertz CT molecular complexity index is 1120. The number of piperidine rings is 1. The first-order valence-corrected chi connectivity index (χ1v) is 11.9. The Morgan fingerprint density at radius 2 is 2.00 bits per heavy atom. The summed E-state index contributed by atoms with van der Waals surface area (Å²) in [5.74, 6) is -1.43. The normalized spacial score (nSPS) is 19.9. The monoisotopic (exact) mass is 517 g/mol. The van der Waals surface area contributed by atoms with E-state index < -0.39 is 29.7 Å². The molecule has 0 bridgehead atoms. The maximum atomic E-state index is 13.7. The van der Waals surface area contributed by atoms with Crippen molar-refractivity contribution in [2.24, 2.45) is 11.8 Å². The van der Waals surface area contributed by atoms with Crippen molar-refractivity contribution < 1.29 is 18.8 Å². The van der Waals surface area contributed by atoms with Gasteiger partial charge in [0.1, 0.15) is 23.6 Å². The van der Waals surface area contributed by atoms with Crippen LogP contribution in [0.1, 0.15) is 49.0 Å². The van der Waals surface area contributed by atoms with Gasteiger partial charge in [0.2, 0.25) is 11.8 Å². The van der Waals surface area contributed by atoms with Crippen molar-refractivity contribution in [3.63, 3.8) is 0 Å². The lowest BCUT2D eigenvalue weighted by Crippen LogP contribution is -2.50. The summed E-state index contributed by atoms with van der Waals surface area (Å²) in [6.45, 7) is 0.630. The zero-order chi connectivity index (χ0) is 23.5. The van der Waals surface area contributed by atoms with Gasteiger partial charge in [0.05, 0.1) is 11.6 Å². The SMILES string of the molecule is N#C[C@H](C[C@@H]1CCCNC1=O)NC(=O)[C@H](CC1CC1)NC(=O)c1cc2cc(F)cc(Br)c2[nH]1. The van der Waals surface area contributed by atoms with Crippen molar-refractivity contribution >= 4 is 44.6 Å². The number of nitrogens with one attached hydrogen (secondary N) is 4. The summed E-state index contributed by atoms with van der Waals surface area (Å²) in [6, 6.07) is 4.59. The number of amides is 3. The van der Waals surface area contributed by atoms with Crippen LogP contribution in [0.15, 0.2) is 22.7 Å². The second-order valence-corrected chi connectivity index (χ2v) is 9.65. The molecule has 4 N–H and O–H groups in total. The number of carbonyl (C=O) groups excluding carboxylic acids is 3. The van der Waals surface area contributed by atoms with Crippen LogP contribution in [0.25, 0.3) is 10.9 Å². The van der Waals surface area contributed by atoms with Gasteiger partial charge in [-0.2, -0.15) is 5.26 Å². The lowest BCUT2D eigenvalue weighted by molar-refractivity contribution is -0.128. The molecule has 0 unspecified atom stereocenters. The molecule has 1 saturated carbocycles. The molecule has 3 atom stereocenters. The number of aromatic nitrogens is 1. The van der Waals surface area contributed by atoms with Crippen molar-refractivity contribution in [3.05, 3.63) is 34.2 Å². The molecule has 8 nitrogen and oxygen atoms in total. The van der Waals surface area contributed by atoms with Gasteiger partial charge in [-0.25, -0.2) is 4.39 Å². The number of nitrogens with zero attached hydrogens (tertiary/aromatic N) is 1. The van der Waals surface area contributed by atoms with Crippen molar-refractivity contribution in [2.75, 3.05) is 6.54 Å². The summed E-state index contributed by atoms with van der Waals surface area (Å²) in [5.41, 5.74) is 0.792. The first-order chi connectivity index (χ1) is 15.8. The van der Waals surface area contributed by atoms with E-state index in [1.165, 1.54) is 18.2 Å². The minimum absolute atomic E-state index is 0.0972. The fourth-order valence-electron chi connectivity index (χ4n) is 4.20.